The van der Waals surface area contributed by atoms with Crippen LogP contribution >= 0.6 is 11.3 Å². The van der Waals surface area contributed by atoms with Gasteiger partial charge >= 0.3 is 0 Å². The molecular weight excluding hydrogens is 298 g/mol. The summed E-state index contributed by atoms with van der Waals surface area (Å²) in [5, 5.41) is 10.4. The van der Waals surface area contributed by atoms with Gasteiger partial charge in [0.2, 0.25) is 0 Å². The molecular formula is C11H15N5O2S2. The van der Waals surface area contributed by atoms with Crippen molar-refractivity contribution >= 4 is 32.1 Å². The first-order valence-electron chi connectivity index (χ1n) is 5.99. The van der Waals surface area contributed by atoms with Crippen LogP contribution in [-0.4, -0.2) is 34.7 Å². The summed E-state index contributed by atoms with van der Waals surface area (Å²) in [6.45, 7) is 3.65. The molecule has 2 N–H and O–H groups in total. The van der Waals surface area contributed by atoms with Crippen LogP contribution in [-0.2, 0) is 10.0 Å². The average molecular weight is 313 g/mol. The number of nitrogens with two attached hydrogens (primary N) is 1. The van der Waals surface area contributed by atoms with E-state index in [1.807, 2.05) is 6.07 Å². The molecule has 0 saturated carbocycles. The largest absolute Gasteiger partial charge is 0.381 e. The molecule has 2 aromatic rings. The number of imidazole rings is 1. The fourth-order valence-electron chi connectivity index (χ4n) is 1.97. The highest BCUT2D eigenvalue weighted by Crippen LogP contribution is 2.27. The number of fused-ring (bicyclic) bond motifs is 1. The summed E-state index contributed by atoms with van der Waals surface area (Å²) >= 11 is 1.31. The minimum Gasteiger partial charge on any atom is -0.381 e. The van der Waals surface area contributed by atoms with E-state index >= 15 is 0 Å². The van der Waals surface area contributed by atoms with Gasteiger partial charge in [-0.2, -0.15) is 9.57 Å². The molecule has 0 aliphatic carbocycles. The lowest BCUT2D eigenvalue weighted by Crippen LogP contribution is -2.38. The number of aromatic nitrogens is 2. The number of rotatable bonds is 5. The summed E-state index contributed by atoms with van der Waals surface area (Å²) in [7, 11) is -3.79. The van der Waals surface area contributed by atoms with Crippen LogP contribution in [0.5, 0.6) is 0 Å². The van der Waals surface area contributed by atoms with Gasteiger partial charge in [0.1, 0.15) is 0 Å². The van der Waals surface area contributed by atoms with E-state index < -0.39 is 10.0 Å². The molecule has 0 atom stereocenters. The van der Waals surface area contributed by atoms with Gasteiger partial charge in [-0.15, -0.1) is 11.3 Å². The normalized spacial score (nSPS) is 12.3. The van der Waals surface area contributed by atoms with Crippen LogP contribution < -0.4 is 5.73 Å². The first-order valence-corrected chi connectivity index (χ1v) is 8.31. The summed E-state index contributed by atoms with van der Waals surface area (Å²) in [6.07, 6.45) is 1.75. The molecule has 9 heteroatoms. The van der Waals surface area contributed by atoms with Gasteiger partial charge in [-0.25, -0.2) is 13.4 Å². The second-order valence-electron chi connectivity index (χ2n) is 4.48. The molecule has 20 heavy (non-hydrogen) atoms. The van der Waals surface area contributed by atoms with Crippen LogP contribution in [0.3, 0.4) is 0 Å². The summed E-state index contributed by atoms with van der Waals surface area (Å²) in [5.41, 5.74) is 5.75. The second-order valence-corrected chi connectivity index (χ2v) is 7.15. The maximum atomic E-state index is 12.8. The number of hydrogen-bond acceptors (Lipinski definition) is 6. The minimum absolute atomic E-state index is 0.0144. The van der Waals surface area contributed by atoms with Crippen molar-refractivity contribution in [2.45, 2.75) is 31.3 Å². The van der Waals surface area contributed by atoms with Crippen LogP contribution in [0.15, 0.2) is 16.6 Å². The SMILES string of the molecule is CC(C)N(CCC#N)S(=O)(=O)c1c(N)nc2sccn12. The Morgan fingerprint density at radius 1 is 1.60 bits per heavy atom. The van der Waals surface area contributed by atoms with Crippen LogP contribution in [0, 0.1) is 11.3 Å². The average Bonchev–Trinajstić information content (AvgIpc) is 2.87. The van der Waals surface area contributed by atoms with Crippen molar-refractivity contribution in [3.05, 3.63) is 11.6 Å². The zero-order valence-corrected chi connectivity index (χ0v) is 12.8. The van der Waals surface area contributed by atoms with Crippen LogP contribution in [0.25, 0.3) is 4.96 Å². The van der Waals surface area contributed by atoms with Gasteiger partial charge in [0, 0.05) is 30.6 Å². The molecule has 2 aromatic heterocycles. The molecule has 2 rings (SSSR count). The Kier molecular flexibility index (Phi) is 3.99. The predicted octanol–water partition coefficient (Wildman–Crippen LogP) is 1.29. The zero-order valence-electron chi connectivity index (χ0n) is 11.1. The lowest BCUT2D eigenvalue weighted by Gasteiger charge is -2.24. The maximum Gasteiger partial charge on any atom is 0.263 e. The molecule has 0 spiro atoms. The molecule has 0 bridgehead atoms. The smallest absolute Gasteiger partial charge is 0.263 e. The Bertz CT molecular complexity index is 753. The first kappa shape index (κ1) is 14.8. The number of nitrogen functional groups attached to an aromatic ring is 1. The van der Waals surface area contributed by atoms with Gasteiger partial charge in [0.25, 0.3) is 10.0 Å². The maximum absolute atomic E-state index is 12.8. The van der Waals surface area contributed by atoms with Crippen molar-refractivity contribution in [2.24, 2.45) is 0 Å². The van der Waals surface area contributed by atoms with E-state index in [0.29, 0.717) is 4.96 Å². The number of sulfonamides is 1. The van der Waals surface area contributed by atoms with E-state index in [0.717, 1.165) is 0 Å². The predicted molar refractivity (Wildman–Crippen MR) is 76.7 cm³/mol. The number of thiazole rings is 1. The Morgan fingerprint density at radius 3 is 2.90 bits per heavy atom. The van der Waals surface area contributed by atoms with E-state index in [-0.39, 0.29) is 29.9 Å². The number of nitriles is 1. The Morgan fingerprint density at radius 2 is 2.30 bits per heavy atom. The van der Waals surface area contributed by atoms with Crippen molar-refractivity contribution < 1.29 is 8.42 Å². The number of anilines is 1. The van der Waals surface area contributed by atoms with E-state index in [2.05, 4.69) is 4.98 Å². The van der Waals surface area contributed by atoms with Crippen LogP contribution in [0.4, 0.5) is 5.82 Å². The fourth-order valence-corrected chi connectivity index (χ4v) is 4.56. The molecule has 108 valence electrons. The van der Waals surface area contributed by atoms with E-state index in [4.69, 9.17) is 11.0 Å². The van der Waals surface area contributed by atoms with E-state index in [9.17, 15) is 8.42 Å². The molecule has 0 saturated heterocycles. The van der Waals surface area contributed by atoms with Gasteiger partial charge in [-0.1, -0.05) is 0 Å². The molecule has 0 fully saturated rings. The van der Waals surface area contributed by atoms with Gasteiger partial charge < -0.3 is 5.73 Å². The van der Waals surface area contributed by atoms with Crippen molar-refractivity contribution in [3.63, 3.8) is 0 Å². The molecule has 0 amide bonds. The molecule has 2 heterocycles. The van der Waals surface area contributed by atoms with Gasteiger partial charge in [-0.05, 0) is 13.8 Å². The molecule has 7 nitrogen and oxygen atoms in total. The van der Waals surface area contributed by atoms with Gasteiger partial charge in [0.15, 0.2) is 15.8 Å². The summed E-state index contributed by atoms with van der Waals surface area (Å²) in [5.74, 6) is -0.0144. The van der Waals surface area contributed by atoms with E-state index in [1.54, 1.807) is 25.4 Å². The zero-order chi connectivity index (χ0) is 14.9. The first-order chi connectivity index (χ1) is 9.39. The quantitative estimate of drug-likeness (QED) is 0.895. The third-order valence-electron chi connectivity index (χ3n) is 2.82. The molecule has 0 aliphatic heterocycles. The molecule has 0 radical (unpaired) electrons. The Balaban J connectivity index is 2.55. The van der Waals surface area contributed by atoms with Gasteiger partial charge in [-0.3, -0.25) is 4.40 Å². The van der Waals surface area contributed by atoms with Gasteiger partial charge in [0.05, 0.1) is 6.07 Å². The Hall–Kier alpha value is -1.63. The highest BCUT2D eigenvalue weighted by Gasteiger charge is 2.32. The number of nitrogens with zero attached hydrogens (tertiary/aromatic N) is 4. The molecule has 0 aromatic carbocycles. The number of hydrogen-bond donors (Lipinski definition) is 1. The van der Waals surface area contributed by atoms with Crippen molar-refractivity contribution in [2.75, 3.05) is 12.3 Å². The molecule has 0 unspecified atom stereocenters. The monoisotopic (exact) mass is 313 g/mol. The third kappa shape index (κ3) is 2.37. The Labute approximate surface area is 121 Å². The standard InChI is InChI=1S/C11H15N5O2S2/c1-8(2)16(5-3-4-12)20(17,18)10-9(13)14-11-15(10)6-7-19-11/h6-8H,3,5,13H2,1-2H3. The highest BCUT2D eigenvalue weighted by atomic mass is 32.2. The summed E-state index contributed by atoms with van der Waals surface area (Å²) in [4.78, 5) is 4.58. The highest BCUT2D eigenvalue weighted by molar-refractivity contribution is 7.89. The topological polar surface area (TPSA) is 104 Å². The summed E-state index contributed by atoms with van der Waals surface area (Å²) < 4.78 is 28.2. The minimum atomic E-state index is -3.79. The lowest BCUT2D eigenvalue weighted by atomic mass is 10.3. The summed E-state index contributed by atoms with van der Waals surface area (Å²) in [6, 6.07) is 1.69. The van der Waals surface area contributed by atoms with E-state index in [1.165, 1.54) is 20.0 Å². The van der Waals surface area contributed by atoms with Crippen LogP contribution in [0.1, 0.15) is 20.3 Å². The lowest BCUT2D eigenvalue weighted by molar-refractivity contribution is 0.359. The fraction of sp³-hybridized carbons (Fsp3) is 0.455. The van der Waals surface area contributed by atoms with Crippen molar-refractivity contribution in [1.29, 1.82) is 5.26 Å². The third-order valence-corrected chi connectivity index (χ3v) is 5.69. The van der Waals surface area contributed by atoms with Crippen LogP contribution in [0.2, 0.25) is 0 Å². The van der Waals surface area contributed by atoms with Crippen molar-refractivity contribution in [1.82, 2.24) is 13.7 Å². The van der Waals surface area contributed by atoms with Crippen molar-refractivity contribution in [3.8, 4) is 6.07 Å². The molecule has 0 aliphatic rings. The second kappa shape index (κ2) is 5.40.